The van der Waals surface area contributed by atoms with Gasteiger partial charge in [-0.1, -0.05) is 179 Å². The van der Waals surface area contributed by atoms with E-state index in [1.807, 2.05) is 9.80 Å². The second-order valence-corrected chi connectivity index (χ2v) is 19.8. The molecule has 4 aromatic carbocycles. The molecule has 2 aliphatic rings. The van der Waals surface area contributed by atoms with E-state index in [0.29, 0.717) is 35.6 Å². The van der Waals surface area contributed by atoms with Gasteiger partial charge in [0.15, 0.2) is 0 Å². The summed E-state index contributed by atoms with van der Waals surface area (Å²) in [6.07, 6.45) is 0. The van der Waals surface area contributed by atoms with Crippen LogP contribution in [0.25, 0.3) is 11.4 Å². The van der Waals surface area contributed by atoms with Crippen LogP contribution in [0.1, 0.15) is 139 Å². The van der Waals surface area contributed by atoms with Crippen molar-refractivity contribution in [3.8, 4) is 0 Å². The molecule has 0 atom stereocenters. The predicted molar refractivity (Wildman–Crippen MR) is 225 cm³/mol. The van der Waals surface area contributed by atoms with Gasteiger partial charge < -0.3 is 9.80 Å². The molecule has 0 spiro atoms. The molecule has 282 valence electrons. The van der Waals surface area contributed by atoms with Gasteiger partial charge in [-0.2, -0.15) is 0 Å². The second kappa shape index (κ2) is 13.6. The first-order chi connectivity index (χ1) is 24.9. The highest BCUT2D eigenvalue weighted by Gasteiger charge is 2.49. The van der Waals surface area contributed by atoms with Crippen LogP contribution in [0.5, 0.6) is 0 Å². The number of amides is 2. The molecule has 0 bridgehead atoms. The third kappa shape index (κ3) is 7.63. The molecule has 0 fully saturated rings. The van der Waals surface area contributed by atoms with Crippen LogP contribution in [0.2, 0.25) is 0 Å². The van der Waals surface area contributed by atoms with Gasteiger partial charge in [-0.15, -0.1) is 0 Å². The zero-order chi connectivity index (χ0) is 39.7. The molecule has 0 saturated carbocycles. The Kier molecular flexibility index (Phi) is 9.79. The number of nitrogens with zero attached hydrogens (tertiary/aromatic N) is 2. The fourth-order valence-corrected chi connectivity index (χ4v) is 7.38. The Bertz CT molecular complexity index is 1960. The van der Waals surface area contributed by atoms with E-state index in [4.69, 9.17) is 0 Å². The van der Waals surface area contributed by atoms with Crippen LogP contribution < -0.4 is 0 Å². The molecule has 0 radical (unpaired) electrons. The molecule has 54 heavy (non-hydrogen) atoms. The van der Waals surface area contributed by atoms with Gasteiger partial charge in [0.2, 0.25) is 0 Å². The number of aryl methyl sites for hydroxylation is 2. The average Bonchev–Trinajstić information content (AvgIpc) is 3.50. The van der Waals surface area contributed by atoms with Crippen LogP contribution in [-0.2, 0) is 44.3 Å². The summed E-state index contributed by atoms with van der Waals surface area (Å²) in [6.45, 7) is 31.6. The highest BCUT2D eigenvalue weighted by Crippen LogP contribution is 2.48. The summed E-state index contributed by atoms with van der Waals surface area (Å²) in [5.41, 5.74) is 13.1. The minimum Gasteiger partial charge on any atom is -0.302 e. The maximum atomic E-state index is 15.2. The highest BCUT2D eigenvalue weighted by molar-refractivity contribution is 6.30. The smallest absolute Gasteiger partial charge is 0.261 e. The number of carbonyl (C=O) groups excluding carboxylic acids is 2. The Morgan fingerprint density at radius 1 is 0.407 bits per heavy atom. The standard InChI is InChI=1S/C50H60N2O2/c1-31-15-19-35(20-16-31)43-41-42(46(54)51(43)29-33-23-37(47(3,4)5)27-38(24-33)48(6,7)8)44(36-21-17-32(2)18-22-36)52(45(41)53)30-34-25-39(49(9,10)11)28-40(26-34)50(12,13)14/h15-28H,29-30H2,1-14H3. The summed E-state index contributed by atoms with van der Waals surface area (Å²) in [6, 6.07) is 30.1. The summed E-state index contributed by atoms with van der Waals surface area (Å²) in [4.78, 5) is 34.2. The van der Waals surface area contributed by atoms with E-state index in [1.165, 1.54) is 22.3 Å². The van der Waals surface area contributed by atoms with Gasteiger partial charge in [-0.05, 0) is 80.0 Å². The molecule has 0 saturated heterocycles. The first-order valence-electron chi connectivity index (χ1n) is 19.5. The van der Waals surface area contributed by atoms with Crippen molar-refractivity contribution >= 4 is 23.2 Å². The Balaban J connectivity index is 1.58. The molecular formula is C50H60N2O2. The average molecular weight is 721 g/mol. The van der Waals surface area contributed by atoms with E-state index in [2.05, 4.69) is 182 Å². The Morgan fingerprint density at radius 2 is 0.667 bits per heavy atom. The minimum atomic E-state index is -0.135. The number of rotatable bonds is 6. The van der Waals surface area contributed by atoms with Crippen molar-refractivity contribution in [2.24, 2.45) is 0 Å². The van der Waals surface area contributed by atoms with Crippen molar-refractivity contribution in [1.29, 1.82) is 0 Å². The van der Waals surface area contributed by atoms with Crippen molar-refractivity contribution in [2.45, 2.75) is 132 Å². The van der Waals surface area contributed by atoms with Crippen molar-refractivity contribution in [2.75, 3.05) is 0 Å². The monoisotopic (exact) mass is 720 g/mol. The molecule has 6 rings (SSSR count). The lowest BCUT2D eigenvalue weighted by Crippen LogP contribution is -2.30. The summed E-state index contributed by atoms with van der Waals surface area (Å²) < 4.78 is 0. The minimum absolute atomic E-state index is 0.0749. The normalized spacial score (nSPS) is 15.6. The number of hydrogen-bond donors (Lipinski definition) is 0. The molecular weight excluding hydrogens is 661 g/mol. The van der Waals surface area contributed by atoms with Gasteiger partial charge in [-0.3, -0.25) is 9.59 Å². The Morgan fingerprint density at radius 3 is 0.907 bits per heavy atom. The van der Waals surface area contributed by atoms with E-state index < -0.39 is 0 Å². The van der Waals surface area contributed by atoms with Gasteiger partial charge in [0.25, 0.3) is 11.8 Å². The molecule has 0 unspecified atom stereocenters. The lowest BCUT2D eigenvalue weighted by Gasteiger charge is -2.29. The topological polar surface area (TPSA) is 40.6 Å². The number of hydrogen-bond acceptors (Lipinski definition) is 2. The van der Waals surface area contributed by atoms with Gasteiger partial charge in [-0.25, -0.2) is 0 Å². The molecule has 0 aliphatic carbocycles. The highest BCUT2D eigenvalue weighted by atomic mass is 16.2. The summed E-state index contributed by atoms with van der Waals surface area (Å²) in [7, 11) is 0. The summed E-state index contributed by atoms with van der Waals surface area (Å²) >= 11 is 0. The van der Waals surface area contributed by atoms with Gasteiger partial charge in [0.05, 0.1) is 35.6 Å². The lowest BCUT2D eigenvalue weighted by atomic mass is 9.79. The third-order valence-corrected chi connectivity index (χ3v) is 11.0. The summed E-state index contributed by atoms with van der Waals surface area (Å²) in [5, 5.41) is 0. The van der Waals surface area contributed by atoms with E-state index in [0.717, 1.165) is 33.4 Å². The molecule has 2 heterocycles. The number of fused-ring (bicyclic) bond motifs is 1. The van der Waals surface area contributed by atoms with Crippen LogP contribution in [0.4, 0.5) is 0 Å². The predicted octanol–water partition coefficient (Wildman–Crippen LogP) is 11.7. The number of benzene rings is 4. The van der Waals surface area contributed by atoms with E-state index in [1.54, 1.807) is 0 Å². The fourth-order valence-electron chi connectivity index (χ4n) is 7.38. The Labute approximate surface area is 325 Å². The molecule has 4 nitrogen and oxygen atoms in total. The molecule has 0 N–H and O–H groups in total. The zero-order valence-corrected chi connectivity index (χ0v) is 35.2. The molecule has 2 amide bonds. The van der Waals surface area contributed by atoms with Crippen LogP contribution >= 0.6 is 0 Å². The van der Waals surface area contributed by atoms with E-state index in [9.17, 15) is 0 Å². The molecule has 2 aliphatic heterocycles. The van der Waals surface area contributed by atoms with Crippen molar-refractivity contribution < 1.29 is 9.59 Å². The van der Waals surface area contributed by atoms with Crippen LogP contribution in [0, 0.1) is 13.8 Å². The van der Waals surface area contributed by atoms with Crippen LogP contribution in [0.15, 0.2) is 96.1 Å². The van der Waals surface area contributed by atoms with Gasteiger partial charge >= 0.3 is 0 Å². The second-order valence-electron chi connectivity index (χ2n) is 19.8. The van der Waals surface area contributed by atoms with Gasteiger partial charge in [0.1, 0.15) is 0 Å². The van der Waals surface area contributed by atoms with E-state index in [-0.39, 0.29) is 33.5 Å². The van der Waals surface area contributed by atoms with Crippen molar-refractivity contribution in [1.82, 2.24) is 9.80 Å². The SMILES string of the molecule is Cc1ccc(C2=C3C(=O)N(Cc4cc(C(C)(C)C)cc(C(C)(C)C)c4)C(c4ccc(C)cc4)=C3C(=O)N2Cc2cc(C(C)(C)C)cc(C(C)(C)C)c2)cc1. The molecule has 4 heteroatoms. The van der Waals surface area contributed by atoms with Crippen LogP contribution in [-0.4, -0.2) is 21.6 Å². The quantitative estimate of drug-likeness (QED) is 0.199. The molecule has 0 aromatic heterocycles. The lowest BCUT2D eigenvalue weighted by molar-refractivity contribution is -0.124. The van der Waals surface area contributed by atoms with Crippen molar-refractivity contribution in [3.05, 3.63) is 152 Å². The van der Waals surface area contributed by atoms with E-state index >= 15 is 9.59 Å². The fraction of sp³-hybridized carbons (Fsp3) is 0.400. The zero-order valence-electron chi connectivity index (χ0n) is 35.2. The van der Waals surface area contributed by atoms with Crippen molar-refractivity contribution in [3.63, 3.8) is 0 Å². The number of carbonyl (C=O) groups is 2. The summed E-state index contributed by atoms with van der Waals surface area (Å²) in [5.74, 6) is -0.270. The maximum absolute atomic E-state index is 15.2. The van der Waals surface area contributed by atoms with Crippen LogP contribution in [0.3, 0.4) is 0 Å². The van der Waals surface area contributed by atoms with Gasteiger partial charge in [0, 0.05) is 0 Å². The molecule has 4 aromatic rings. The maximum Gasteiger partial charge on any atom is 0.261 e. The third-order valence-electron chi connectivity index (χ3n) is 11.0. The first kappa shape index (κ1) is 39.0. The first-order valence-corrected chi connectivity index (χ1v) is 19.5. The largest absolute Gasteiger partial charge is 0.302 e. The Hall–Kier alpha value is -4.70.